The van der Waals surface area contributed by atoms with E-state index in [1.165, 1.54) is 6.92 Å². The molecule has 5 nitrogen and oxygen atoms in total. The molecular formula is C14H18N4OS. The van der Waals surface area contributed by atoms with E-state index >= 15 is 0 Å². The minimum Gasteiger partial charge on any atom is -0.356 e. The van der Waals surface area contributed by atoms with Crippen LogP contribution in [0.3, 0.4) is 0 Å². The van der Waals surface area contributed by atoms with Crippen LogP contribution in [-0.4, -0.2) is 32.7 Å². The number of carbonyl (C=O) groups is 1. The quantitative estimate of drug-likeness (QED) is 0.625. The molecule has 106 valence electrons. The predicted octanol–water partition coefficient (Wildman–Crippen LogP) is 1.94. The van der Waals surface area contributed by atoms with Crippen molar-refractivity contribution in [1.82, 2.24) is 19.9 Å². The summed E-state index contributed by atoms with van der Waals surface area (Å²) in [5, 5.41) is 3.78. The van der Waals surface area contributed by atoms with Gasteiger partial charge in [-0.3, -0.25) is 9.78 Å². The second-order valence-corrected chi connectivity index (χ2v) is 5.41. The Labute approximate surface area is 122 Å². The fourth-order valence-electron chi connectivity index (χ4n) is 1.72. The van der Waals surface area contributed by atoms with Crippen molar-refractivity contribution < 1.29 is 4.79 Å². The normalized spacial score (nSPS) is 10.4. The molecule has 6 heteroatoms. The van der Waals surface area contributed by atoms with Crippen molar-refractivity contribution in [2.45, 2.75) is 25.0 Å². The average Bonchev–Trinajstić information content (AvgIpc) is 2.87. The Hall–Kier alpha value is -1.82. The zero-order valence-electron chi connectivity index (χ0n) is 11.5. The Morgan fingerprint density at radius 2 is 2.25 bits per heavy atom. The third kappa shape index (κ3) is 4.70. The second kappa shape index (κ2) is 7.69. The van der Waals surface area contributed by atoms with Gasteiger partial charge in [-0.15, -0.1) is 0 Å². The lowest BCUT2D eigenvalue weighted by atomic mass is 10.3. The number of carbonyl (C=O) groups excluding carboxylic acids is 1. The molecule has 2 heterocycles. The summed E-state index contributed by atoms with van der Waals surface area (Å²) >= 11 is 1.70. The molecule has 20 heavy (non-hydrogen) atoms. The van der Waals surface area contributed by atoms with E-state index in [1.807, 2.05) is 24.4 Å². The molecule has 0 spiro atoms. The molecule has 0 aliphatic rings. The summed E-state index contributed by atoms with van der Waals surface area (Å²) in [7, 11) is 0. The van der Waals surface area contributed by atoms with E-state index < -0.39 is 0 Å². The van der Waals surface area contributed by atoms with Crippen molar-refractivity contribution in [3.63, 3.8) is 0 Å². The smallest absolute Gasteiger partial charge is 0.216 e. The summed E-state index contributed by atoms with van der Waals surface area (Å²) in [6.45, 7) is 2.98. The number of pyridine rings is 1. The minimum absolute atomic E-state index is 0.0200. The molecule has 0 aromatic carbocycles. The third-order valence-electron chi connectivity index (χ3n) is 2.66. The summed E-state index contributed by atoms with van der Waals surface area (Å²) in [6.07, 6.45) is 6.50. The van der Waals surface area contributed by atoms with Gasteiger partial charge in [0.05, 0.1) is 12.2 Å². The second-order valence-electron chi connectivity index (χ2n) is 4.34. The molecule has 0 aliphatic carbocycles. The van der Waals surface area contributed by atoms with Gasteiger partial charge in [-0.25, -0.2) is 4.98 Å². The van der Waals surface area contributed by atoms with E-state index in [2.05, 4.69) is 19.9 Å². The summed E-state index contributed by atoms with van der Waals surface area (Å²) in [5.41, 5.74) is 1.02. The van der Waals surface area contributed by atoms with Crippen LogP contribution in [0.5, 0.6) is 0 Å². The van der Waals surface area contributed by atoms with E-state index in [-0.39, 0.29) is 5.91 Å². The summed E-state index contributed by atoms with van der Waals surface area (Å²) in [5.74, 6) is 0.950. The van der Waals surface area contributed by atoms with Gasteiger partial charge in [0.2, 0.25) is 5.91 Å². The number of aromatic nitrogens is 3. The summed E-state index contributed by atoms with van der Waals surface area (Å²) in [4.78, 5) is 19.4. The average molecular weight is 290 g/mol. The fourth-order valence-corrected chi connectivity index (χ4v) is 2.62. The first-order chi connectivity index (χ1) is 9.75. The molecule has 1 amide bonds. The molecule has 0 aliphatic heterocycles. The molecule has 0 unspecified atom stereocenters. The fraction of sp³-hybridized carbons (Fsp3) is 0.357. The number of thioether (sulfide) groups is 1. The SMILES string of the molecule is CC(=O)NCCCSc1nccn1Cc1ccccn1. The zero-order chi connectivity index (χ0) is 14.2. The van der Waals surface area contributed by atoms with Crippen molar-refractivity contribution in [3.05, 3.63) is 42.5 Å². The molecule has 1 N–H and O–H groups in total. The highest BCUT2D eigenvalue weighted by Crippen LogP contribution is 2.17. The Morgan fingerprint density at radius 1 is 1.35 bits per heavy atom. The maximum Gasteiger partial charge on any atom is 0.216 e. The lowest BCUT2D eigenvalue weighted by Crippen LogP contribution is -2.21. The number of nitrogens with one attached hydrogen (secondary N) is 1. The Bertz CT molecular complexity index is 541. The molecule has 2 aromatic rings. The van der Waals surface area contributed by atoms with E-state index in [1.54, 1.807) is 24.2 Å². The first-order valence-corrected chi connectivity index (χ1v) is 7.52. The monoisotopic (exact) mass is 290 g/mol. The molecule has 0 bridgehead atoms. The standard InChI is InChI=1S/C14H18N4OS/c1-12(19)15-7-4-10-20-14-17-8-9-18(14)11-13-5-2-3-6-16-13/h2-3,5-6,8-9H,4,7,10-11H2,1H3,(H,15,19). The van der Waals surface area contributed by atoms with E-state index in [0.29, 0.717) is 6.54 Å². The highest BCUT2D eigenvalue weighted by Gasteiger charge is 2.04. The minimum atomic E-state index is 0.0200. The van der Waals surface area contributed by atoms with E-state index in [0.717, 1.165) is 29.6 Å². The lowest BCUT2D eigenvalue weighted by molar-refractivity contribution is -0.118. The van der Waals surface area contributed by atoms with Crippen molar-refractivity contribution in [1.29, 1.82) is 0 Å². The van der Waals surface area contributed by atoms with Crippen LogP contribution < -0.4 is 5.32 Å². The van der Waals surface area contributed by atoms with Gasteiger partial charge in [-0.2, -0.15) is 0 Å². The first kappa shape index (κ1) is 14.6. The van der Waals surface area contributed by atoms with Crippen molar-refractivity contribution in [3.8, 4) is 0 Å². The Balaban J connectivity index is 1.81. The maximum absolute atomic E-state index is 10.8. The molecule has 0 saturated heterocycles. The van der Waals surface area contributed by atoms with Gasteiger partial charge in [0.1, 0.15) is 0 Å². The van der Waals surface area contributed by atoms with Gasteiger partial charge in [0.15, 0.2) is 5.16 Å². The molecule has 0 radical (unpaired) electrons. The van der Waals surface area contributed by atoms with Gasteiger partial charge in [-0.05, 0) is 18.6 Å². The molecular weight excluding hydrogens is 272 g/mol. The lowest BCUT2D eigenvalue weighted by Gasteiger charge is -2.07. The Kier molecular flexibility index (Phi) is 5.61. The highest BCUT2D eigenvalue weighted by atomic mass is 32.2. The van der Waals surface area contributed by atoms with Crippen molar-refractivity contribution in [2.75, 3.05) is 12.3 Å². The molecule has 0 saturated carbocycles. The van der Waals surface area contributed by atoms with Crippen LogP contribution in [0.1, 0.15) is 19.0 Å². The van der Waals surface area contributed by atoms with Gasteiger partial charge in [-0.1, -0.05) is 17.8 Å². The van der Waals surface area contributed by atoms with E-state index in [4.69, 9.17) is 0 Å². The number of hydrogen-bond acceptors (Lipinski definition) is 4. The highest BCUT2D eigenvalue weighted by molar-refractivity contribution is 7.99. The zero-order valence-corrected chi connectivity index (χ0v) is 12.3. The van der Waals surface area contributed by atoms with Gasteiger partial charge in [0, 0.05) is 37.8 Å². The van der Waals surface area contributed by atoms with E-state index in [9.17, 15) is 4.79 Å². The Morgan fingerprint density at radius 3 is 3.00 bits per heavy atom. The van der Waals surface area contributed by atoms with Crippen LogP contribution in [0.4, 0.5) is 0 Å². The number of nitrogens with zero attached hydrogens (tertiary/aromatic N) is 3. The van der Waals surface area contributed by atoms with Crippen LogP contribution in [0, 0.1) is 0 Å². The van der Waals surface area contributed by atoms with Crippen LogP contribution in [0.15, 0.2) is 41.9 Å². The van der Waals surface area contributed by atoms with Crippen molar-refractivity contribution >= 4 is 17.7 Å². The van der Waals surface area contributed by atoms with Crippen LogP contribution >= 0.6 is 11.8 Å². The van der Waals surface area contributed by atoms with Gasteiger partial charge >= 0.3 is 0 Å². The summed E-state index contributed by atoms with van der Waals surface area (Å²) in [6, 6.07) is 5.90. The molecule has 2 rings (SSSR count). The van der Waals surface area contributed by atoms with Crippen molar-refractivity contribution in [2.24, 2.45) is 0 Å². The van der Waals surface area contributed by atoms with Gasteiger partial charge in [0.25, 0.3) is 0 Å². The number of hydrogen-bond donors (Lipinski definition) is 1. The maximum atomic E-state index is 10.8. The molecule has 0 atom stereocenters. The third-order valence-corrected chi connectivity index (χ3v) is 3.75. The number of imidazole rings is 1. The van der Waals surface area contributed by atoms with Crippen LogP contribution in [0.2, 0.25) is 0 Å². The van der Waals surface area contributed by atoms with Crippen LogP contribution in [-0.2, 0) is 11.3 Å². The van der Waals surface area contributed by atoms with Gasteiger partial charge < -0.3 is 9.88 Å². The largest absolute Gasteiger partial charge is 0.356 e. The molecule has 0 fully saturated rings. The number of rotatable bonds is 7. The first-order valence-electron chi connectivity index (χ1n) is 6.54. The number of amides is 1. The molecule has 2 aromatic heterocycles. The summed E-state index contributed by atoms with van der Waals surface area (Å²) < 4.78 is 2.09. The topological polar surface area (TPSA) is 59.8 Å². The van der Waals surface area contributed by atoms with Crippen LogP contribution in [0.25, 0.3) is 0 Å². The predicted molar refractivity (Wildman–Crippen MR) is 79.6 cm³/mol.